The third-order valence-corrected chi connectivity index (χ3v) is 13.4. The Morgan fingerprint density at radius 2 is 1.61 bits per heavy atom. The quantitative estimate of drug-likeness (QED) is 0.167. The average Bonchev–Trinajstić information content (AvgIpc) is 3.12. The number of rotatable bonds is 11. The number of carbonyl (C=O) groups excluding carboxylic acids is 1. The van der Waals surface area contributed by atoms with E-state index in [-0.39, 0.29) is 43.5 Å². The second-order valence-electron chi connectivity index (χ2n) is 19.7. The summed E-state index contributed by atoms with van der Waals surface area (Å²) >= 11 is 0. The number of nitrogens with one attached hydrogen (secondary N) is 2. The van der Waals surface area contributed by atoms with Gasteiger partial charge in [-0.15, -0.1) is 0 Å². The number of esters is 1. The van der Waals surface area contributed by atoms with E-state index >= 15 is 0 Å². The molecule has 0 aliphatic carbocycles. The lowest BCUT2D eigenvalue weighted by Gasteiger charge is -2.54. The molecule has 14 heteroatoms. The van der Waals surface area contributed by atoms with Crippen LogP contribution in [0.5, 0.6) is 0 Å². The molecule has 0 aromatic carbocycles. The van der Waals surface area contributed by atoms with E-state index in [1.165, 1.54) is 6.92 Å². The van der Waals surface area contributed by atoms with Crippen LogP contribution in [0, 0.1) is 29.1 Å². The van der Waals surface area contributed by atoms with E-state index in [2.05, 4.69) is 45.3 Å². The number of hydrogen-bond acceptors (Lipinski definition) is 14. The molecule has 0 bridgehead atoms. The van der Waals surface area contributed by atoms with E-state index in [9.17, 15) is 25.2 Å². The molecule has 3 aliphatic rings. The highest BCUT2D eigenvalue weighted by Crippen LogP contribution is 2.44. The zero-order valence-corrected chi connectivity index (χ0v) is 38.2. The maximum absolute atomic E-state index is 14.4. The predicted octanol–water partition coefficient (Wildman–Crippen LogP) is 3.45. The van der Waals surface area contributed by atoms with Gasteiger partial charge in [0.2, 0.25) is 0 Å². The second kappa shape index (κ2) is 20.2. The van der Waals surface area contributed by atoms with Gasteiger partial charge in [0.25, 0.3) is 0 Å². The van der Waals surface area contributed by atoms with E-state index in [0.29, 0.717) is 31.8 Å². The van der Waals surface area contributed by atoms with Gasteiger partial charge in [0.15, 0.2) is 12.6 Å². The van der Waals surface area contributed by atoms with Gasteiger partial charge in [-0.05, 0) is 98.7 Å². The van der Waals surface area contributed by atoms with E-state index in [4.69, 9.17) is 28.4 Å². The van der Waals surface area contributed by atoms with Crippen molar-refractivity contribution in [1.29, 1.82) is 0 Å². The normalized spacial score (nSPS) is 45.7. The van der Waals surface area contributed by atoms with Gasteiger partial charge < -0.3 is 64.4 Å². The molecule has 3 heterocycles. The van der Waals surface area contributed by atoms with Crippen molar-refractivity contribution < 1.29 is 53.6 Å². The summed E-state index contributed by atoms with van der Waals surface area (Å²) in [5.74, 6) is -2.07. The smallest absolute Gasteiger partial charge is 0.311 e. The van der Waals surface area contributed by atoms with Crippen molar-refractivity contribution in [3.63, 3.8) is 0 Å². The first-order chi connectivity index (χ1) is 26.3. The van der Waals surface area contributed by atoms with Gasteiger partial charge in [0, 0.05) is 44.6 Å². The molecular weight excluding hydrogens is 734 g/mol. The molecule has 0 radical (unpaired) electrons. The van der Waals surface area contributed by atoms with Crippen LogP contribution < -0.4 is 10.6 Å². The van der Waals surface area contributed by atoms with E-state index in [1.54, 1.807) is 21.0 Å². The lowest BCUT2D eigenvalue weighted by atomic mass is 9.72. The van der Waals surface area contributed by atoms with Gasteiger partial charge in [-0.1, -0.05) is 48.5 Å². The first-order valence-corrected chi connectivity index (χ1v) is 21.5. The fourth-order valence-electron chi connectivity index (χ4n) is 9.64. The molecule has 3 rings (SSSR count). The zero-order chi connectivity index (χ0) is 43.4. The summed E-state index contributed by atoms with van der Waals surface area (Å²) < 4.78 is 39.0. The molecule has 336 valence electrons. The summed E-state index contributed by atoms with van der Waals surface area (Å²) in [6.07, 6.45) is -5.83. The van der Waals surface area contributed by atoms with Crippen LogP contribution in [0.2, 0.25) is 0 Å². The SMILES string of the molecule is CC[C@H]1OC(=O)[C@H](C)[C@H](O[C@@H]2C[C@](C)(OC)[C@@](O)(CNCC(C)C)[C@H](C)O2)[C@H](C)[C@@H](O[C@@H]2O[C@H](C)C[C@H](N(C)C)[C@H]2O)C(C)(C)C[C@@H](C)NC[C@H](C)[C@@H](O)[C@]1(C)O. The van der Waals surface area contributed by atoms with Crippen LogP contribution in [0.1, 0.15) is 116 Å². The van der Waals surface area contributed by atoms with E-state index < -0.39 is 89.2 Å². The number of hydrogen-bond donors (Lipinski definition) is 6. The number of cyclic esters (lactones) is 1. The van der Waals surface area contributed by atoms with Gasteiger partial charge in [0.1, 0.15) is 29.0 Å². The van der Waals surface area contributed by atoms with E-state index in [1.807, 2.05) is 53.6 Å². The van der Waals surface area contributed by atoms with Crippen molar-refractivity contribution in [2.75, 3.05) is 40.8 Å². The van der Waals surface area contributed by atoms with Gasteiger partial charge in [-0.25, -0.2) is 0 Å². The minimum Gasteiger partial charge on any atom is -0.459 e. The first-order valence-electron chi connectivity index (χ1n) is 21.5. The Balaban J connectivity index is 2.15. The average molecular weight is 818 g/mol. The second-order valence-corrected chi connectivity index (χ2v) is 19.7. The van der Waals surface area contributed by atoms with Crippen molar-refractivity contribution in [2.45, 2.75) is 200 Å². The van der Waals surface area contributed by atoms with Gasteiger partial charge in [-0.2, -0.15) is 0 Å². The van der Waals surface area contributed by atoms with Gasteiger partial charge >= 0.3 is 5.97 Å². The molecule has 6 N–H and O–H groups in total. The van der Waals surface area contributed by atoms with Gasteiger partial charge in [0.05, 0.1) is 36.4 Å². The Morgan fingerprint density at radius 1 is 0.982 bits per heavy atom. The minimum atomic E-state index is -1.74. The molecule has 0 unspecified atom stereocenters. The predicted molar refractivity (Wildman–Crippen MR) is 219 cm³/mol. The minimum absolute atomic E-state index is 0.0581. The van der Waals surface area contributed by atoms with Crippen LogP contribution >= 0.6 is 0 Å². The molecule has 3 aliphatic heterocycles. The Morgan fingerprint density at radius 3 is 2.18 bits per heavy atom. The summed E-state index contributed by atoms with van der Waals surface area (Å²) in [6, 6.07) is -0.262. The maximum atomic E-state index is 14.4. The van der Waals surface area contributed by atoms with Crippen LogP contribution in [0.3, 0.4) is 0 Å². The summed E-state index contributed by atoms with van der Waals surface area (Å²) in [6.45, 7) is 26.4. The highest BCUT2D eigenvalue weighted by atomic mass is 16.7. The van der Waals surface area contributed by atoms with Crippen molar-refractivity contribution in [1.82, 2.24) is 15.5 Å². The van der Waals surface area contributed by atoms with Crippen molar-refractivity contribution in [2.24, 2.45) is 29.1 Å². The van der Waals surface area contributed by atoms with Crippen LogP contribution in [-0.2, 0) is 33.2 Å². The van der Waals surface area contributed by atoms with Crippen LogP contribution in [-0.4, -0.2) is 156 Å². The maximum Gasteiger partial charge on any atom is 0.311 e. The van der Waals surface area contributed by atoms with Crippen LogP contribution in [0.25, 0.3) is 0 Å². The highest BCUT2D eigenvalue weighted by Gasteiger charge is 2.58. The first kappa shape index (κ1) is 50.3. The lowest BCUT2D eigenvalue weighted by Crippen LogP contribution is -2.70. The zero-order valence-electron chi connectivity index (χ0n) is 38.2. The number of methoxy groups -OCH3 is 1. The van der Waals surface area contributed by atoms with E-state index in [0.717, 1.165) is 0 Å². The molecule has 3 fully saturated rings. The van der Waals surface area contributed by atoms with Gasteiger partial charge in [-0.3, -0.25) is 4.79 Å². The standard InChI is InChI=1S/C43H83N3O11/c1-17-32-42(13,50)36(48)25(4)22-45-26(5)19-40(10,11)37(57-39-34(47)31(46(14)15)18-27(6)53-39)28(7)35(29(8)38(49)55-32)56-33-20-41(12,52-16)43(51,30(9)54-33)23-44-21-24(2)3/h24-37,39,44-45,47-48,50-51H,17-23H2,1-16H3/t25-,26+,27+,28-,29+,30-,31-,32+,33+,34+,35+,36+,37+,39-,41-,42+,43+/m0/s1. The Labute approximate surface area is 344 Å². The fourth-order valence-corrected chi connectivity index (χ4v) is 9.64. The number of aliphatic hydroxyl groups excluding tert-OH is 2. The molecule has 0 amide bonds. The van der Waals surface area contributed by atoms with Crippen molar-refractivity contribution >= 4 is 5.97 Å². The number of nitrogens with zero attached hydrogens (tertiary/aromatic N) is 1. The molecule has 57 heavy (non-hydrogen) atoms. The lowest BCUT2D eigenvalue weighted by molar-refractivity contribution is -0.334. The summed E-state index contributed by atoms with van der Waals surface area (Å²) in [5, 5.41) is 54.0. The Hall–Kier alpha value is -1.01. The third kappa shape index (κ3) is 11.7. The monoisotopic (exact) mass is 818 g/mol. The van der Waals surface area contributed by atoms with Crippen LogP contribution in [0.4, 0.5) is 0 Å². The Kier molecular flexibility index (Phi) is 17.9. The molecule has 17 atom stereocenters. The summed E-state index contributed by atoms with van der Waals surface area (Å²) in [4.78, 5) is 16.4. The molecule has 14 nitrogen and oxygen atoms in total. The molecule has 0 aromatic heterocycles. The summed E-state index contributed by atoms with van der Waals surface area (Å²) in [5.41, 5.74) is -4.85. The van der Waals surface area contributed by atoms with Crippen molar-refractivity contribution in [3.05, 3.63) is 0 Å². The number of ether oxygens (including phenoxy) is 6. The molecule has 0 spiro atoms. The molecule has 0 aromatic rings. The number of likely N-dealkylation sites (N-methyl/N-ethyl adjacent to an activating group) is 1. The largest absolute Gasteiger partial charge is 0.459 e. The third-order valence-electron chi connectivity index (χ3n) is 13.4. The van der Waals surface area contributed by atoms with Crippen LogP contribution in [0.15, 0.2) is 0 Å². The Bertz CT molecular complexity index is 1260. The summed E-state index contributed by atoms with van der Waals surface area (Å²) in [7, 11) is 5.44. The number of carbonyl (C=O) groups is 1. The molecule has 3 saturated heterocycles. The molecular formula is C43H83N3O11. The topological polar surface area (TPSA) is 181 Å². The number of aliphatic hydroxyl groups is 4. The highest BCUT2D eigenvalue weighted by molar-refractivity contribution is 5.73. The fraction of sp³-hybridized carbons (Fsp3) is 0.977. The van der Waals surface area contributed by atoms with Crippen molar-refractivity contribution in [3.8, 4) is 0 Å². The molecule has 0 saturated carbocycles.